The highest BCUT2D eigenvalue weighted by Gasteiger charge is 2.19. The number of carbonyl (C=O) groups is 1. The summed E-state index contributed by atoms with van der Waals surface area (Å²) >= 11 is 0. The molecule has 3 aromatic rings. The number of hydrogen-bond donors (Lipinski definition) is 2. The third-order valence-electron chi connectivity index (χ3n) is 4.26. The van der Waals surface area contributed by atoms with Gasteiger partial charge < -0.3 is 14.9 Å². The Balaban J connectivity index is 1.80. The minimum Gasteiger partial charge on any atom is -0.507 e. The first kappa shape index (κ1) is 18.7. The number of rotatable bonds is 6. The SMILES string of the molecule is Cc1ccc(S(=O)(=O)CCOc2ccc(O)c(C(=O)O)c2)c2ccccc12. The van der Waals surface area contributed by atoms with Crippen molar-refractivity contribution in [1.29, 1.82) is 0 Å². The van der Waals surface area contributed by atoms with Crippen molar-refractivity contribution >= 4 is 26.6 Å². The quantitative estimate of drug-likeness (QED) is 0.673. The Kier molecular flexibility index (Phi) is 5.05. The van der Waals surface area contributed by atoms with Crippen LogP contribution in [0.5, 0.6) is 11.5 Å². The molecule has 27 heavy (non-hydrogen) atoms. The predicted octanol–water partition coefficient (Wildman–Crippen LogP) is 3.40. The van der Waals surface area contributed by atoms with E-state index >= 15 is 0 Å². The summed E-state index contributed by atoms with van der Waals surface area (Å²) in [5.41, 5.74) is 0.686. The fourth-order valence-corrected chi connectivity index (χ4v) is 4.16. The first-order valence-electron chi connectivity index (χ1n) is 8.20. The number of carboxylic acids is 1. The number of fused-ring (bicyclic) bond motifs is 1. The second kappa shape index (κ2) is 7.28. The van der Waals surface area contributed by atoms with Crippen LogP contribution in [-0.2, 0) is 9.84 Å². The van der Waals surface area contributed by atoms with Crippen molar-refractivity contribution < 1.29 is 28.2 Å². The summed E-state index contributed by atoms with van der Waals surface area (Å²) in [5, 5.41) is 20.0. The summed E-state index contributed by atoms with van der Waals surface area (Å²) in [6.45, 7) is 1.78. The molecule has 0 unspecified atom stereocenters. The Morgan fingerprint density at radius 2 is 1.74 bits per heavy atom. The van der Waals surface area contributed by atoms with E-state index in [-0.39, 0.29) is 34.3 Å². The van der Waals surface area contributed by atoms with Crippen LogP contribution in [0.15, 0.2) is 59.5 Å². The van der Waals surface area contributed by atoms with Crippen LogP contribution in [-0.4, -0.2) is 37.0 Å². The van der Waals surface area contributed by atoms with Crippen LogP contribution in [0.2, 0.25) is 0 Å². The average Bonchev–Trinajstić information content (AvgIpc) is 2.63. The highest BCUT2D eigenvalue weighted by molar-refractivity contribution is 7.91. The molecule has 3 aromatic carbocycles. The molecule has 0 amide bonds. The first-order valence-corrected chi connectivity index (χ1v) is 9.85. The van der Waals surface area contributed by atoms with E-state index in [9.17, 15) is 18.3 Å². The van der Waals surface area contributed by atoms with Gasteiger partial charge in [-0.2, -0.15) is 0 Å². The Bertz CT molecular complexity index is 1120. The van der Waals surface area contributed by atoms with Gasteiger partial charge in [-0.1, -0.05) is 30.3 Å². The summed E-state index contributed by atoms with van der Waals surface area (Å²) < 4.78 is 30.9. The molecule has 0 aliphatic heterocycles. The topological polar surface area (TPSA) is 101 Å². The standard InChI is InChI=1S/C20H18O6S/c1-13-6-9-19(16-5-3-2-4-15(13)16)27(24,25)11-10-26-14-7-8-18(21)17(12-14)20(22)23/h2-9,12,21H,10-11H2,1H3,(H,22,23). The molecular weight excluding hydrogens is 368 g/mol. The molecular formula is C20H18O6S. The van der Waals surface area contributed by atoms with Crippen molar-refractivity contribution in [2.75, 3.05) is 12.4 Å². The van der Waals surface area contributed by atoms with Gasteiger partial charge in [0, 0.05) is 5.39 Å². The molecule has 140 valence electrons. The largest absolute Gasteiger partial charge is 0.507 e. The van der Waals surface area contributed by atoms with Gasteiger partial charge in [-0.3, -0.25) is 0 Å². The van der Waals surface area contributed by atoms with Crippen molar-refractivity contribution in [3.05, 3.63) is 65.7 Å². The van der Waals surface area contributed by atoms with Crippen LogP contribution in [0, 0.1) is 6.92 Å². The number of aromatic hydroxyl groups is 1. The second-order valence-corrected chi connectivity index (χ2v) is 8.16. The maximum Gasteiger partial charge on any atom is 0.339 e. The van der Waals surface area contributed by atoms with Crippen molar-refractivity contribution in [2.24, 2.45) is 0 Å². The van der Waals surface area contributed by atoms with Gasteiger partial charge >= 0.3 is 5.97 Å². The van der Waals surface area contributed by atoms with E-state index < -0.39 is 15.8 Å². The van der Waals surface area contributed by atoms with E-state index in [1.54, 1.807) is 24.3 Å². The average molecular weight is 386 g/mol. The van der Waals surface area contributed by atoms with E-state index in [1.165, 1.54) is 12.1 Å². The lowest BCUT2D eigenvalue weighted by Crippen LogP contribution is -2.15. The number of hydrogen-bond acceptors (Lipinski definition) is 5. The molecule has 0 heterocycles. The number of aromatic carboxylic acids is 1. The molecule has 7 heteroatoms. The Hall–Kier alpha value is -3.06. The maximum absolute atomic E-state index is 12.8. The van der Waals surface area contributed by atoms with E-state index in [1.807, 2.05) is 19.1 Å². The molecule has 0 radical (unpaired) electrons. The molecule has 6 nitrogen and oxygen atoms in total. The summed E-state index contributed by atoms with van der Waals surface area (Å²) in [6.07, 6.45) is 0. The minimum atomic E-state index is -3.60. The Labute approximate surface area is 156 Å². The molecule has 0 saturated carbocycles. The second-order valence-electron chi connectivity index (χ2n) is 6.08. The van der Waals surface area contributed by atoms with Gasteiger partial charge in [0.25, 0.3) is 0 Å². The van der Waals surface area contributed by atoms with Crippen molar-refractivity contribution in [1.82, 2.24) is 0 Å². The normalized spacial score (nSPS) is 11.4. The van der Waals surface area contributed by atoms with Crippen LogP contribution < -0.4 is 4.74 Å². The Morgan fingerprint density at radius 3 is 2.44 bits per heavy atom. The summed E-state index contributed by atoms with van der Waals surface area (Å²) in [6, 6.07) is 14.4. The van der Waals surface area contributed by atoms with E-state index in [2.05, 4.69) is 0 Å². The molecule has 0 saturated heterocycles. The summed E-state index contributed by atoms with van der Waals surface area (Å²) in [4.78, 5) is 11.3. The number of benzene rings is 3. The molecule has 0 aliphatic rings. The van der Waals surface area contributed by atoms with Crippen molar-refractivity contribution in [3.8, 4) is 11.5 Å². The fourth-order valence-electron chi connectivity index (χ4n) is 2.85. The van der Waals surface area contributed by atoms with Gasteiger partial charge in [0.15, 0.2) is 9.84 Å². The molecule has 0 fully saturated rings. The van der Waals surface area contributed by atoms with E-state index in [0.29, 0.717) is 5.39 Å². The van der Waals surface area contributed by atoms with Crippen molar-refractivity contribution in [3.63, 3.8) is 0 Å². The molecule has 0 spiro atoms. The van der Waals surface area contributed by atoms with Gasteiger partial charge in [0.1, 0.15) is 23.7 Å². The van der Waals surface area contributed by atoms with Gasteiger partial charge in [-0.25, -0.2) is 13.2 Å². The number of carboxylic acid groups (broad SMARTS) is 1. The molecule has 0 bridgehead atoms. The fraction of sp³-hybridized carbons (Fsp3) is 0.150. The highest BCUT2D eigenvalue weighted by Crippen LogP contribution is 2.27. The third kappa shape index (κ3) is 3.88. The molecule has 0 aliphatic carbocycles. The van der Waals surface area contributed by atoms with Crippen LogP contribution in [0.25, 0.3) is 10.8 Å². The van der Waals surface area contributed by atoms with E-state index in [0.717, 1.165) is 17.0 Å². The highest BCUT2D eigenvalue weighted by atomic mass is 32.2. The monoisotopic (exact) mass is 386 g/mol. The Morgan fingerprint density at radius 1 is 1.04 bits per heavy atom. The predicted molar refractivity (Wildman–Crippen MR) is 101 cm³/mol. The number of phenols is 1. The zero-order valence-corrected chi connectivity index (χ0v) is 15.4. The number of ether oxygens (including phenoxy) is 1. The maximum atomic E-state index is 12.8. The lowest BCUT2D eigenvalue weighted by atomic mass is 10.1. The zero-order chi connectivity index (χ0) is 19.6. The molecule has 3 rings (SSSR count). The van der Waals surface area contributed by atoms with Gasteiger partial charge in [0.05, 0.1) is 10.6 Å². The lowest BCUT2D eigenvalue weighted by Gasteiger charge is -2.11. The van der Waals surface area contributed by atoms with Crippen LogP contribution >= 0.6 is 0 Å². The smallest absolute Gasteiger partial charge is 0.339 e. The third-order valence-corrected chi connectivity index (χ3v) is 5.99. The van der Waals surface area contributed by atoms with Gasteiger partial charge in [-0.05, 0) is 42.1 Å². The zero-order valence-electron chi connectivity index (χ0n) is 14.5. The number of sulfone groups is 1. The van der Waals surface area contributed by atoms with Gasteiger partial charge in [-0.15, -0.1) is 0 Å². The molecule has 0 aromatic heterocycles. The van der Waals surface area contributed by atoms with Crippen LogP contribution in [0.4, 0.5) is 0 Å². The molecule has 0 atom stereocenters. The first-order chi connectivity index (χ1) is 12.8. The van der Waals surface area contributed by atoms with Crippen LogP contribution in [0.3, 0.4) is 0 Å². The van der Waals surface area contributed by atoms with Crippen LogP contribution in [0.1, 0.15) is 15.9 Å². The van der Waals surface area contributed by atoms with Gasteiger partial charge in [0.2, 0.25) is 0 Å². The summed E-state index contributed by atoms with van der Waals surface area (Å²) in [7, 11) is -3.60. The number of aryl methyl sites for hydroxylation is 1. The van der Waals surface area contributed by atoms with E-state index in [4.69, 9.17) is 9.84 Å². The minimum absolute atomic E-state index is 0.144. The molecule has 2 N–H and O–H groups in total. The summed E-state index contributed by atoms with van der Waals surface area (Å²) in [5.74, 6) is -1.76. The van der Waals surface area contributed by atoms with Crippen molar-refractivity contribution in [2.45, 2.75) is 11.8 Å². The lowest BCUT2D eigenvalue weighted by molar-refractivity contribution is 0.0693.